The number of hydrogen-bond acceptors (Lipinski definition) is 16. The maximum Gasteiger partial charge on any atom is 0.407 e. The molecule has 6 aliphatic heterocycles. The molecule has 26 heteroatoms. The summed E-state index contributed by atoms with van der Waals surface area (Å²) < 4.78 is 19.0. The van der Waals surface area contributed by atoms with Crippen LogP contribution in [0, 0.1) is 23.7 Å². The van der Waals surface area contributed by atoms with Crippen molar-refractivity contribution >= 4 is 116 Å². The quantitative estimate of drug-likeness (QED) is 0.0344. The summed E-state index contributed by atoms with van der Waals surface area (Å²) in [4.78, 5) is 147. The summed E-state index contributed by atoms with van der Waals surface area (Å²) in [7, 11) is 5.09. The minimum atomic E-state index is -1.08. The van der Waals surface area contributed by atoms with Crippen LogP contribution in [0.25, 0.3) is 55.2 Å². The van der Waals surface area contributed by atoms with E-state index in [1.165, 1.54) is 28.4 Å². The van der Waals surface area contributed by atoms with E-state index < -0.39 is 71.2 Å². The highest BCUT2D eigenvalue weighted by atomic mass is 16.5. The van der Waals surface area contributed by atoms with Gasteiger partial charge in [-0.15, -0.1) is 0 Å². The maximum atomic E-state index is 13.8. The molecule has 0 spiro atoms. The van der Waals surface area contributed by atoms with E-state index in [0.717, 1.165) is 103 Å². The highest BCUT2D eigenvalue weighted by molar-refractivity contribution is 6.08. The van der Waals surface area contributed by atoms with Gasteiger partial charge in [0, 0.05) is 61.8 Å². The number of carbonyl (C=O) groups is 10. The Bertz CT molecular complexity index is 4840. The molecule has 4 saturated heterocycles. The summed E-state index contributed by atoms with van der Waals surface area (Å²) >= 11 is 0. The van der Waals surface area contributed by atoms with E-state index in [4.69, 9.17) is 28.9 Å². The van der Waals surface area contributed by atoms with Crippen LogP contribution in [0.15, 0.2) is 143 Å². The third-order valence-corrected chi connectivity index (χ3v) is 23.6. The van der Waals surface area contributed by atoms with Gasteiger partial charge in [0.25, 0.3) is 0 Å². The Morgan fingerprint density at radius 1 is 0.391 bits per heavy atom. The predicted octanol–water partition coefficient (Wildman–Crippen LogP) is 13.9. The number of anilines is 2. The molecular weight excluding hydrogens is 1460 g/mol. The second-order valence-electron chi connectivity index (χ2n) is 32.6. The van der Waals surface area contributed by atoms with Crippen molar-refractivity contribution in [3.63, 3.8) is 0 Å². The van der Waals surface area contributed by atoms with Crippen molar-refractivity contribution in [2.24, 2.45) is 33.7 Å². The number of aliphatic imine (C=N–C) groups is 2. The lowest BCUT2D eigenvalue weighted by Gasteiger charge is -2.38. The third kappa shape index (κ3) is 18.4. The highest BCUT2D eigenvalue weighted by Gasteiger charge is 2.51. The molecule has 12 rings (SSSR count). The van der Waals surface area contributed by atoms with Crippen LogP contribution in [-0.4, -0.2) is 192 Å². The minimum absolute atomic E-state index is 0.108. The number of likely N-dealkylation sites (tertiary alicyclic amines) is 4. The summed E-state index contributed by atoms with van der Waals surface area (Å²) in [6.07, 6.45) is 8.61. The molecule has 6 heterocycles. The van der Waals surface area contributed by atoms with Crippen molar-refractivity contribution in [1.82, 2.24) is 40.9 Å². The molecule has 0 saturated carbocycles. The smallest absolute Gasteiger partial charge is 0.407 e. The number of hydrogen-bond donors (Lipinski definition) is 6. The Hall–Kier alpha value is -11.4. The second-order valence-corrected chi connectivity index (χ2v) is 32.6. The number of benzene rings is 6. The van der Waals surface area contributed by atoms with Crippen molar-refractivity contribution in [2.45, 2.75) is 187 Å². The summed E-state index contributed by atoms with van der Waals surface area (Å²) in [6.45, 7) is 23.0. The normalized spacial score (nSPS) is 20.8. The van der Waals surface area contributed by atoms with Crippen molar-refractivity contribution in [1.29, 1.82) is 0 Å². The van der Waals surface area contributed by atoms with Gasteiger partial charge in [0.1, 0.15) is 35.7 Å². The molecule has 6 aromatic rings. The molecule has 8 atom stereocenters. The topological polar surface area (TPSA) is 317 Å². The van der Waals surface area contributed by atoms with Crippen molar-refractivity contribution < 1.29 is 66.9 Å². The molecule has 6 N–H and O–H groups in total. The number of amides is 10. The van der Waals surface area contributed by atoms with Crippen LogP contribution in [0.3, 0.4) is 0 Å². The fraction of sp³-hybridized carbons (Fsp3) is 0.461. The van der Waals surface area contributed by atoms with E-state index >= 15 is 0 Å². The number of carbonyl (C=O) groups excluding carboxylic acids is 10. The molecule has 6 aliphatic rings. The number of alkyl carbamates (subject to hydrolysis) is 4. The van der Waals surface area contributed by atoms with Gasteiger partial charge in [-0.2, -0.15) is 0 Å². The van der Waals surface area contributed by atoms with Crippen molar-refractivity contribution in [3.05, 3.63) is 145 Å². The monoisotopic (exact) mass is 1570 g/mol. The van der Waals surface area contributed by atoms with Crippen molar-refractivity contribution in [2.75, 3.05) is 65.3 Å². The van der Waals surface area contributed by atoms with E-state index in [1.54, 1.807) is 16.7 Å². The molecule has 0 aliphatic carbocycles. The van der Waals surface area contributed by atoms with Crippen LogP contribution >= 0.6 is 0 Å². The fourth-order valence-electron chi connectivity index (χ4n) is 16.6. The first-order valence-corrected chi connectivity index (χ1v) is 39.9. The molecule has 0 aromatic heterocycles. The van der Waals surface area contributed by atoms with Gasteiger partial charge in [0.2, 0.25) is 35.4 Å². The number of rotatable bonds is 22. The fourth-order valence-corrected chi connectivity index (χ4v) is 16.6. The number of nitrogens with one attached hydrogen (secondary N) is 6. The Morgan fingerprint density at radius 3 is 1.13 bits per heavy atom. The number of allylic oxidation sites excluding steroid dienone is 2. The Morgan fingerprint density at radius 2 is 0.730 bits per heavy atom. The first kappa shape index (κ1) is 84.5. The number of fused-ring (bicyclic) bond motifs is 2. The zero-order chi connectivity index (χ0) is 83.0. The molecule has 6 aromatic carbocycles. The zero-order valence-corrected chi connectivity index (χ0v) is 68.7. The lowest BCUT2D eigenvalue weighted by molar-refractivity contribution is -0.144. The molecule has 0 unspecified atom stereocenters. The first-order chi connectivity index (χ1) is 54.8. The molecule has 4 fully saturated rings. The SMILES string of the molecule is COC(=O)N[C@H](C(=O)N1CCC[C@@]1(C)C(=O)Nc1ccc2cc(-c3ccc(C4=CCC([C@]5(C)CCCN5C(=O)[C@@H](NC(=O)OC)C(C)C)=N4)cc3)ccc2c1)C(C)C.COC(=O)N[C@H](C(=O)N1CCC[C@H]1C(=O)Nc1ccc2cc(-c3ccc(C4=CCC([C@]5(C)CCCN5C(=O)[C@@H](NC(=O)OC)C(C)C)=N4)cc3)ccc2c1)C(C)C. The third-order valence-electron chi connectivity index (χ3n) is 23.6. The minimum Gasteiger partial charge on any atom is -0.453 e. The summed E-state index contributed by atoms with van der Waals surface area (Å²) in [5.74, 6) is -1.99. The number of ether oxygens (including phenoxy) is 4. The van der Waals surface area contributed by atoms with Crippen LogP contribution in [0.5, 0.6) is 0 Å². The first-order valence-electron chi connectivity index (χ1n) is 39.9. The molecule has 0 bridgehead atoms. The van der Waals surface area contributed by atoms with Gasteiger partial charge >= 0.3 is 24.4 Å². The summed E-state index contributed by atoms with van der Waals surface area (Å²) in [5, 5.41) is 20.7. The Labute approximate surface area is 673 Å². The molecule has 0 radical (unpaired) electrons. The van der Waals surface area contributed by atoms with Gasteiger partial charge in [-0.1, -0.05) is 152 Å². The van der Waals surface area contributed by atoms with Gasteiger partial charge in [0.05, 0.1) is 50.9 Å². The predicted molar refractivity (Wildman–Crippen MR) is 446 cm³/mol. The van der Waals surface area contributed by atoms with Crippen LogP contribution in [0.2, 0.25) is 0 Å². The average Bonchev–Trinajstić information content (AvgIpc) is 1.63. The zero-order valence-electron chi connectivity index (χ0n) is 68.7. The van der Waals surface area contributed by atoms with Gasteiger partial charge in [-0.3, -0.25) is 38.8 Å². The van der Waals surface area contributed by atoms with Crippen LogP contribution in [0.4, 0.5) is 30.6 Å². The molecule has 115 heavy (non-hydrogen) atoms. The van der Waals surface area contributed by atoms with Crippen LogP contribution in [-0.2, 0) is 47.7 Å². The maximum absolute atomic E-state index is 13.8. The van der Waals surface area contributed by atoms with Crippen LogP contribution < -0.4 is 31.9 Å². The van der Waals surface area contributed by atoms with Gasteiger partial charge in [0.15, 0.2) is 0 Å². The Kier molecular flexibility index (Phi) is 26.4. The van der Waals surface area contributed by atoms with E-state index in [1.807, 2.05) is 114 Å². The summed E-state index contributed by atoms with van der Waals surface area (Å²) in [6, 6.07) is 36.9. The van der Waals surface area contributed by atoms with E-state index in [0.29, 0.717) is 76.1 Å². The van der Waals surface area contributed by atoms with Crippen molar-refractivity contribution in [3.8, 4) is 22.3 Å². The molecule has 26 nitrogen and oxygen atoms in total. The van der Waals surface area contributed by atoms with E-state index in [9.17, 15) is 47.9 Å². The molecule has 10 amide bonds. The lowest BCUT2D eigenvalue weighted by atomic mass is 9.89. The van der Waals surface area contributed by atoms with E-state index in [2.05, 4.69) is 131 Å². The number of nitrogens with zero attached hydrogens (tertiary/aromatic N) is 6. The summed E-state index contributed by atoms with van der Waals surface area (Å²) in [5.41, 5.74) is 8.88. The standard InChI is InChI=1S/C45H56N6O7.C44H54N6O7/c1-27(2)37(48-42(55)57-7)39(52)50-23-9-21-44(50,5)36-20-19-35(47-36)30-13-11-29(12-14-30)31-15-16-33-26-34(18-17-32(33)25-31)46-41(54)45(6)22-10-24-51(45)40(53)38(28(3)4)49-43(56)58-8;1-26(2)37(47-42(54)56-6)40(52)49-22-8-10-35(49)39(51)45-33-18-17-31-24-30(15-16-32(31)25-33)28-11-13-29(14-12-28)34-19-20-36(46-34)44(5)21-9-23-50(44)41(53)38(27(3)4)48-43(55)57-7/h11-19,25-28,37-38H,9-10,20-24H2,1-8H3,(H,46,54)(H,48,55)(H,49,56);11-19,24-27,35,37-38H,8-10,20-23H2,1-7H3,(H,45,51)(H,47,54)(H,48,55)/t37-,38-,44-,45-;35-,37-,38-,44-/m00/s1. The second kappa shape index (κ2) is 35.9. The molecule has 610 valence electrons. The average molecular weight is 1570 g/mol. The largest absolute Gasteiger partial charge is 0.453 e. The molecular formula is C89H110N12O14. The Balaban J connectivity index is 0.000000226. The van der Waals surface area contributed by atoms with Gasteiger partial charge in [-0.25, -0.2) is 19.2 Å². The van der Waals surface area contributed by atoms with Gasteiger partial charge < -0.3 is 70.4 Å². The van der Waals surface area contributed by atoms with E-state index in [-0.39, 0.29) is 59.1 Å². The van der Waals surface area contributed by atoms with Crippen LogP contribution in [0.1, 0.15) is 151 Å². The lowest BCUT2D eigenvalue weighted by Crippen LogP contribution is -2.59. The number of methoxy groups -OCH3 is 4. The van der Waals surface area contributed by atoms with Gasteiger partial charge in [-0.05, 0) is 187 Å². The highest BCUT2D eigenvalue weighted by Crippen LogP contribution is 2.41.